The Morgan fingerprint density at radius 1 is 1.13 bits per heavy atom. The summed E-state index contributed by atoms with van der Waals surface area (Å²) in [4.78, 5) is 10.9. The van der Waals surface area contributed by atoms with E-state index in [1.807, 2.05) is 6.07 Å². The van der Waals surface area contributed by atoms with Crippen LogP contribution in [-0.4, -0.2) is 24.2 Å². The number of carbonyl (C=O) groups is 1. The highest BCUT2D eigenvalue weighted by Crippen LogP contribution is 2.11. The smallest absolute Gasteiger partial charge is 0.335 e. The normalized spacial score (nSPS) is 10.5. The monoisotopic (exact) mass is 317 g/mol. The van der Waals surface area contributed by atoms with Gasteiger partial charge in [-0.2, -0.15) is 0 Å². The van der Waals surface area contributed by atoms with Gasteiger partial charge in [-0.3, -0.25) is 0 Å². The number of halogens is 1. The van der Waals surface area contributed by atoms with Crippen molar-refractivity contribution >= 4 is 5.97 Å². The molecule has 0 bridgehead atoms. The van der Waals surface area contributed by atoms with E-state index in [4.69, 9.17) is 9.84 Å². The minimum Gasteiger partial charge on any atom is -0.494 e. The molecule has 0 heterocycles. The van der Waals surface area contributed by atoms with Crippen LogP contribution >= 0.6 is 0 Å². The Bertz CT molecular complexity index is 628. The van der Waals surface area contributed by atoms with Crippen molar-refractivity contribution in [1.82, 2.24) is 5.32 Å². The number of aromatic carboxylic acids is 1. The average molecular weight is 317 g/mol. The fraction of sp³-hybridized carbons (Fsp3) is 0.278. The van der Waals surface area contributed by atoms with Gasteiger partial charge in [-0.15, -0.1) is 0 Å². The summed E-state index contributed by atoms with van der Waals surface area (Å²) in [5.41, 5.74) is 1.25. The van der Waals surface area contributed by atoms with Gasteiger partial charge in [0.15, 0.2) is 0 Å². The zero-order valence-electron chi connectivity index (χ0n) is 12.8. The molecule has 0 radical (unpaired) electrons. The fourth-order valence-electron chi connectivity index (χ4n) is 2.12. The molecule has 4 nitrogen and oxygen atoms in total. The summed E-state index contributed by atoms with van der Waals surface area (Å²) < 4.78 is 18.2. The van der Waals surface area contributed by atoms with E-state index in [0.717, 1.165) is 24.9 Å². The molecule has 2 N–H and O–H groups in total. The molecule has 23 heavy (non-hydrogen) atoms. The molecule has 0 saturated heterocycles. The molecule has 122 valence electrons. The van der Waals surface area contributed by atoms with Crippen LogP contribution in [0.15, 0.2) is 48.5 Å². The van der Waals surface area contributed by atoms with Gasteiger partial charge in [0.25, 0.3) is 0 Å². The van der Waals surface area contributed by atoms with E-state index in [-0.39, 0.29) is 5.82 Å². The van der Waals surface area contributed by atoms with E-state index in [9.17, 15) is 9.18 Å². The summed E-state index contributed by atoms with van der Waals surface area (Å²) in [6.07, 6.45) is 1.83. The van der Waals surface area contributed by atoms with Crippen molar-refractivity contribution in [3.63, 3.8) is 0 Å². The number of hydrogen-bond donors (Lipinski definition) is 2. The van der Waals surface area contributed by atoms with E-state index in [2.05, 4.69) is 5.32 Å². The van der Waals surface area contributed by atoms with Crippen molar-refractivity contribution in [3.8, 4) is 5.75 Å². The number of unbranched alkanes of at least 4 members (excludes halogenated alkanes) is 1. The lowest BCUT2D eigenvalue weighted by atomic mass is 10.1. The molecule has 2 aromatic rings. The van der Waals surface area contributed by atoms with Gasteiger partial charge in [-0.1, -0.05) is 12.1 Å². The summed E-state index contributed by atoms with van der Waals surface area (Å²) in [7, 11) is 0. The second-order valence-corrected chi connectivity index (χ2v) is 5.19. The van der Waals surface area contributed by atoms with Gasteiger partial charge in [-0.05, 0) is 61.3 Å². The number of rotatable bonds is 9. The van der Waals surface area contributed by atoms with Crippen LogP contribution in [-0.2, 0) is 6.54 Å². The molecule has 0 spiro atoms. The Balaban J connectivity index is 1.58. The molecule has 2 rings (SSSR count). The number of carboxylic acid groups (broad SMARTS) is 1. The lowest BCUT2D eigenvalue weighted by Crippen LogP contribution is -2.15. The second-order valence-electron chi connectivity index (χ2n) is 5.19. The highest BCUT2D eigenvalue weighted by atomic mass is 19.1. The number of ether oxygens (including phenoxy) is 1. The summed E-state index contributed by atoms with van der Waals surface area (Å²) in [6.45, 7) is 2.05. The predicted octanol–water partition coefficient (Wildman–Crippen LogP) is 3.47. The Kier molecular flexibility index (Phi) is 6.56. The lowest BCUT2D eigenvalue weighted by Gasteiger charge is -2.07. The van der Waals surface area contributed by atoms with Crippen molar-refractivity contribution in [3.05, 3.63) is 65.5 Å². The third-order valence-corrected chi connectivity index (χ3v) is 3.33. The average Bonchev–Trinajstić information content (AvgIpc) is 2.56. The largest absolute Gasteiger partial charge is 0.494 e. The van der Waals surface area contributed by atoms with Crippen LogP contribution in [0.25, 0.3) is 0 Å². The van der Waals surface area contributed by atoms with E-state index >= 15 is 0 Å². The molecule has 5 heteroatoms. The van der Waals surface area contributed by atoms with E-state index < -0.39 is 5.97 Å². The van der Waals surface area contributed by atoms with Crippen molar-refractivity contribution < 1.29 is 19.0 Å². The van der Waals surface area contributed by atoms with Gasteiger partial charge in [0.2, 0.25) is 0 Å². The summed E-state index contributed by atoms with van der Waals surface area (Å²) >= 11 is 0. The molecular weight excluding hydrogens is 297 g/mol. The summed E-state index contributed by atoms with van der Waals surface area (Å²) in [5.74, 6) is -0.511. The van der Waals surface area contributed by atoms with Crippen molar-refractivity contribution in [2.75, 3.05) is 13.2 Å². The SMILES string of the molecule is O=C(O)c1cccc(CNCCCCOc2ccc(F)cc2)c1. The summed E-state index contributed by atoms with van der Waals surface area (Å²) in [5, 5.41) is 12.2. The van der Waals surface area contributed by atoms with Gasteiger partial charge in [0.05, 0.1) is 12.2 Å². The van der Waals surface area contributed by atoms with Crippen molar-refractivity contribution in [2.24, 2.45) is 0 Å². The number of carboxylic acids is 1. The first kappa shape index (κ1) is 17.0. The second kappa shape index (κ2) is 8.90. The minimum absolute atomic E-state index is 0.270. The molecule has 0 aliphatic heterocycles. The first-order valence-corrected chi connectivity index (χ1v) is 7.56. The maximum Gasteiger partial charge on any atom is 0.335 e. The molecular formula is C18H20FNO3. The first-order chi connectivity index (χ1) is 11.1. The molecule has 0 atom stereocenters. The molecule has 0 saturated carbocycles. The van der Waals surface area contributed by atoms with E-state index in [1.165, 1.54) is 12.1 Å². The minimum atomic E-state index is -0.912. The number of hydrogen-bond acceptors (Lipinski definition) is 3. The van der Waals surface area contributed by atoms with Gasteiger partial charge >= 0.3 is 5.97 Å². The number of nitrogens with one attached hydrogen (secondary N) is 1. The zero-order chi connectivity index (χ0) is 16.5. The van der Waals surface area contributed by atoms with Crippen LogP contribution in [0, 0.1) is 5.82 Å². The van der Waals surface area contributed by atoms with E-state index in [0.29, 0.717) is 24.5 Å². The van der Waals surface area contributed by atoms with Crippen LogP contribution in [0.3, 0.4) is 0 Å². The Morgan fingerprint density at radius 2 is 1.91 bits per heavy atom. The van der Waals surface area contributed by atoms with Crippen molar-refractivity contribution in [2.45, 2.75) is 19.4 Å². The predicted molar refractivity (Wildman–Crippen MR) is 86.2 cm³/mol. The Morgan fingerprint density at radius 3 is 2.65 bits per heavy atom. The highest BCUT2D eigenvalue weighted by Gasteiger charge is 2.02. The highest BCUT2D eigenvalue weighted by molar-refractivity contribution is 5.87. The van der Waals surface area contributed by atoms with Gasteiger partial charge < -0.3 is 15.2 Å². The van der Waals surface area contributed by atoms with Crippen LogP contribution in [0.2, 0.25) is 0 Å². The fourth-order valence-corrected chi connectivity index (χ4v) is 2.12. The molecule has 0 amide bonds. The molecule has 0 aliphatic rings. The van der Waals surface area contributed by atoms with Gasteiger partial charge in [0, 0.05) is 6.54 Å². The Labute approximate surface area is 134 Å². The molecule has 0 aromatic heterocycles. The third-order valence-electron chi connectivity index (χ3n) is 3.33. The maximum atomic E-state index is 12.7. The van der Waals surface area contributed by atoms with Crippen LogP contribution < -0.4 is 10.1 Å². The topological polar surface area (TPSA) is 58.6 Å². The molecule has 2 aromatic carbocycles. The van der Waals surface area contributed by atoms with Crippen molar-refractivity contribution in [1.29, 1.82) is 0 Å². The first-order valence-electron chi connectivity index (χ1n) is 7.56. The molecule has 0 unspecified atom stereocenters. The lowest BCUT2D eigenvalue weighted by molar-refractivity contribution is 0.0696. The zero-order valence-corrected chi connectivity index (χ0v) is 12.8. The molecule has 0 fully saturated rings. The van der Waals surface area contributed by atoms with Gasteiger partial charge in [0.1, 0.15) is 11.6 Å². The number of benzene rings is 2. The molecule has 0 aliphatic carbocycles. The quantitative estimate of drug-likeness (QED) is 0.695. The summed E-state index contributed by atoms with van der Waals surface area (Å²) in [6, 6.07) is 12.9. The maximum absolute atomic E-state index is 12.7. The van der Waals surface area contributed by atoms with Crippen LogP contribution in [0.5, 0.6) is 5.75 Å². The van der Waals surface area contributed by atoms with Crippen LogP contribution in [0.1, 0.15) is 28.8 Å². The van der Waals surface area contributed by atoms with E-state index in [1.54, 1.807) is 30.3 Å². The third kappa shape index (κ3) is 6.08. The van der Waals surface area contributed by atoms with Crippen LogP contribution in [0.4, 0.5) is 4.39 Å². The Hall–Kier alpha value is -2.40. The van der Waals surface area contributed by atoms with Gasteiger partial charge in [-0.25, -0.2) is 9.18 Å². The standard InChI is InChI=1S/C18H20FNO3/c19-16-6-8-17(9-7-16)23-11-2-1-10-20-13-14-4-3-5-15(12-14)18(21)22/h3-9,12,20H,1-2,10-11,13H2,(H,21,22).